The van der Waals surface area contributed by atoms with Crippen molar-refractivity contribution in [2.45, 2.75) is 6.54 Å². The van der Waals surface area contributed by atoms with Gasteiger partial charge in [-0.3, -0.25) is 14.9 Å². The van der Waals surface area contributed by atoms with Crippen LogP contribution in [0.2, 0.25) is 0 Å². The monoisotopic (exact) mass is 231 g/mol. The smallest absolute Gasteiger partial charge is 0.269 e. The van der Waals surface area contributed by atoms with Crippen LogP contribution in [0.25, 0.3) is 0 Å². The van der Waals surface area contributed by atoms with Crippen molar-refractivity contribution in [3.63, 3.8) is 0 Å². The molecular formula is C11H9N3O3. The van der Waals surface area contributed by atoms with E-state index in [0.717, 1.165) is 5.56 Å². The minimum atomic E-state index is -0.446. The van der Waals surface area contributed by atoms with Crippen LogP contribution in [0.15, 0.2) is 36.7 Å². The molecule has 0 atom stereocenters. The molecule has 0 aliphatic carbocycles. The van der Waals surface area contributed by atoms with Crippen LogP contribution in [0.5, 0.6) is 0 Å². The summed E-state index contributed by atoms with van der Waals surface area (Å²) in [5.74, 6) is 0.302. The first-order valence-electron chi connectivity index (χ1n) is 4.90. The summed E-state index contributed by atoms with van der Waals surface area (Å²) in [4.78, 5) is 24.7. The summed E-state index contributed by atoms with van der Waals surface area (Å²) >= 11 is 0. The molecule has 0 aliphatic heterocycles. The molecule has 0 fully saturated rings. The fraction of sp³-hybridized carbons (Fsp3) is 0.0909. The number of hydrogen-bond donors (Lipinski definition) is 0. The molecule has 6 heteroatoms. The first-order chi connectivity index (χ1) is 8.20. The van der Waals surface area contributed by atoms with E-state index in [4.69, 9.17) is 0 Å². The maximum absolute atomic E-state index is 10.7. The van der Waals surface area contributed by atoms with Crippen molar-refractivity contribution < 1.29 is 9.72 Å². The highest BCUT2D eigenvalue weighted by atomic mass is 16.6. The zero-order valence-corrected chi connectivity index (χ0v) is 8.81. The van der Waals surface area contributed by atoms with Crippen molar-refractivity contribution >= 4 is 12.0 Å². The molecule has 17 heavy (non-hydrogen) atoms. The first-order valence-corrected chi connectivity index (χ1v) is 4.90. The molecule has 2 rings (SSSR count). The largest absolute Gasteiger partial charge is 0.324 e. The fourth-order valence-corrected chi connectivity index (χ4v) is 1.54. The lowest BCUT2D eigenvalue weighted by atomic mass is 10.2. The summed E-state index contributed by atoms with van der Waals surface area (Å²) in [6.45, 7) is 0.385. The predicted octanol–water partition coefficient (Wildman–Crippen LogP) is 1.65. The highest BCUT2D eigenvalue weighted by Gasteiger charge is 2.07. The number of non-ortho nitro benzene ring substituents is 1. The maximum atomic E-state index is 10.7. The van der Waals surface area contributed by atoms with Crippen molar-refractivity contribution in [2.24, 2.45) is 0 Å². The summed E-state index contributed by atoms with van der Waals surface area (Å²) in [7, 11) is 0. The molecule has 0 radical (unpaired) electrons. The number of aromatic nitrogens is 2. The van der Waals surface area contributed by atoms with E-state index >= 15 is 0 Å². The summed E-state index contributed by atoms with van der Waals surface area (Å²) in [6.07, 6.45) is 3.82. The molecule has 1 aromatic heterocycles. The van der Waals surface area contributed by atoms with Gasteiger partial charge in [-0.25, -0.2) is 4.98 Å². The van der Waals surface area contributed by atoms with Crippen LogP contribution in [0, 0.1) is 10.1 Å². The van der Waals surface area contributed by atoms with Gasteiger partial charge < -0.3 is 4.57 Å². The Kier molecular flexibility index (Phi) is 2.95. The van der Waals surface area contributed by atoms with Crippen LogP contribution in [-0.2, 0) is 6.54 Å². The Hall–Kier alpha value is -2.50. The Morgan fingerprint density at radius 3 is 3.00 bits per heavy atom. The van der Waals surface area contributed by atoms with Gasteiger partial charge in [0, 0.05) is 31.1 Å². The first kappa shape index (κ1) is 11.0. The van der Waals surface area contributed by atoms with Crippen LogP contribution >= 0.6 is 0 Å². The Morgan fingerprint density at radius 1 is 1.47 bits per heavy atom. The van der Waals surface area contributed by atoms with E-state index in [-0.39, 0.29) is 5.69 Å². The van der Waals surface area contributed by atoms with Gasteiger partial charge in [0.25, 0.3) is 5.69 Å². The van der Waals surface area contributed by atoms with Gasteiger partial charge in [0.05, 0.1) is 4.92 Å². The minimum absolute atomic E-state index is 0.0373. The summed E-state index contributed by atoms with van der Waals surface area (Å²) in [5.41, 5.74) is 0.788. The molecule has 0 saturated carbocycles. The Morgan fingerprint density at radius 2 is 2.29 bits per heavy atom. The second-order valence-electron chi connectivity index (χ2n) is 3.46. The Labute approximate surface area is 96.7 Å². The molecule has 6 nitrogen and oxygen atoms in total. The number of benzene rings is 1. The quantitative estimate of drug-likeness (QED) is 0.455. The molecule has 0 saturated heterocycles. The summed E-state index contributed by atoms with van der Waals surface area (Å²) in [6, 6.07) is 6.29. The van der Waals surface area contributed by atoms with Crippen molar-refractivity contribution in [2.75, 3.05) is 0 Å². The lowest BCUT2D eigenvalue weighted by molar-refractivity contribution is -0.384. The van der Waals surface area contributed by atoms with E-state index in [2.05, 4.69) is 4.98 Å². The molecule has 1 heterocycles. The molecule has 2 aromatic rings. The fourth-order valence-electron chi connectivity index (χ4n) is 1.54. The van der Waals surface area contributed by atoms with Gasteiger partial charge in [0.1, 0.15) is 0 Å². The van der Waals surface area contributed by atoms with Crippen LogP contribution in [0.1, 0.15) is 16.2 Å². The van der Waals surface area contributed by atoms with E-state index in [1.54, 1.807) is 22.9 Å². The molecule has 0 unspecified atom stereocenters. The zero-order chi connectivity index (χ0) is 12.3. The van der Waals surface area contributed by atoms with Crippen LogP contribution in [-0.4, -0.2) is 20.8 Å². The maximum Gasteiger partial charge on any atom is 0.269 e. The van der Waals surface area contributed by atoms with E-state index < -0.39 is 4.92 Å². The van der Waals surface area contributed by atoms with Crippen molar-refractivity contribution in [3.05, 3.63) is 58.2 Å². The van der Waals surface area contributed by atoms with E-state index in [0.29, 0.717) is 18.7 Å². The van der Waals surface area contributed by atoms with Gasteiger partial charge in [-0.05, 0) is 5.56 Å². The normalized spacial score (nSPS) is 10.1. The summed E-state index contributed by atoms with van der Waals surface area (Å²) < 4.78 is 1.63. The number of carbonyl (C=O) groups is 1. The third kappa shape index (κ3) is 2.36. The van der Waals surface area contributed by atoms with E-state index in [9.17, 15) is 14.9 Å². The number of aldehydes is 1. The van der Waals surface area contributed by atoms with E-state index in [1.807, 2.05) is 0 Å². The average molecular weight is 231 g/mol. The second-order valence-corrected chi connectivity index (χ2v) is 3.46. The standard InChI is InChI=1S/C11H9N3O3/c15-8-11-12-4-5-13(11)7-9-2-1-3-10(6-9)14(16)17/h1-6,8H,7H2. The number of hydrogen-bond acceptors (Lipinski definition) is 4. The van der Waals surface area contributed by atoms with Gasteiger partial charge in [-0.15, -0.1) is 0 Å². The van der Waals surface area contributed by atoms with Gasteiger partial charge in [0.2, 0.25) is 0 Å². The van der Waals surface area contributed by atoms with Gasteiger partial charge in [-0.2, -0.15) is 0 Å². The third-order valence-corrected chi connectivity index (χ3v) is 2.33. The molecule has 0 amide bonds. The molecule has 0 aliphatic rings. The molecular weight excluding hydrogens is 222 g/mol. The Bertz CT molecular complexity index is 563. The number of imidazole rings is 1. The average Bonchev–Trinajstić information content (AvgIpc) is 2.76. The highest BCUT2D eigenvalue weighted by Crippen LogP contribution is 2.14. The van der Waals surface area contributed by atoms with Crippen LogP contribution in [0.4, 0.5) is 5.69 Å². The highest BCUT2D eigenvalue weighted by molar-refractivity contribution is 5.69. The van der Waals surface area contributed by atoms with E-state index in [1.165, 1.54) is 18.3 Å². The molecule has 0 spiro atoms. The molecule has 86 valence electrons. The van der Waals surface area contributed by atoms with Crippen molar-refractivity contribution in [3.8, 4) is 0 Å². The second kappa shape index (κ2) is 4.56. The Balaban J connectivity index is 2.27. The number of nitro groups is 1. The summed E-state index contributed by atoms with van der Waals surface area (Å²) in [5, 5.41) is 10.6. The zero-order valence-electron chi connectivity index (χ0n) is 8.81. The topological polar surface area (TPSA) is 78.0 Å². The SMILES string of the molecule is O=Cc1nccn1Cc1cccc([N+](=O)[O-])c1. The van der Waals surface area contributed by atoms with Crippen molar-refractivity contribution in [1.29, 1.82) is 0 Å². The van der Waals surface area contributed by atoms with Gasteiger partial charge in [0.15, 0.2) is 12.1 Å². The lowest BCUT2D eigenvalue weighted by Crippen LogP contribution is -2.03. The number of rotatable bonds is 4. The van der Waals surface area contributed by atoms with Crippen LogP contribution < -0.4 is 0 Å². The molecule has 1 aromatic carbocycles. The van der Waals surface area contributed by atoms with Crippen molar-refractivity contribution in [1.82, 2.24) is 9.55 Å². The minimum Gasteiger partial charge on any atom is -0.324 e. The lowest BCUT2D eigenvalue weighted by Gasteiger charge is -2.04. The molecule has 0 bridgehead atoms. The number of carbonyl (C=O) groups excluding carboxylic acids is 1. The predicted molar refractivity (Wildman–Crippen MR) is 59.8 cm³/mol. The van der Waals surface area contributed by atoms with Gasteiger partial charge in [-0.1, -0.05) is 12.1 Å². The number of nitro benzene ring substituents is 1. The van der Waals surface area contributed by atoms with Crippen LogP contribution in [0.3, 0.4) is 0 Å². The third-order valence-electron chi connectivity index (χ3n) is 2.33. The molecule has 0 N–H and O–H groups in total. The number of nitrogens with zero attached hydrogens (tertiary/aromatic N) is 3. The van der Waals surface area contributed by atoms with Gasteiger partial charge >= 0.3 is 0 Å².